The zero-order chi connectivity index (χ0) is 23.7. The van der Waals surface area contributed by atoms with E-state index in [0.29, 0.717) is 16.7 Å². The van der Waals surface area contributed by atoms with E-state index in [1.54, 1.807) is 14.2 Å². The molecule has 170 valence electrons. The second kappa shape index (κ2) is 9.27. The zero-order valence-electron chi connectivity index (χ0n) is 19.1. The molecule has 0 bridgehead atoms. The summed E-state index contributed by atoms with van der Waals surface area (Å²) in [5.74, 6) is 0.0743. The van der Waals surface area contributed by atoms with Crippen LogP contribution in [0.1, 0.15) is 29.1 Å². The molecule has 4 heteroatoms. The van der Waals surface area contributed by atoms with E-state index in [4.69, 9.17) is 9.47 Å². The summed E-state index contributed by atoms with van der Waals surface area (Å²) in [6.45, 7) is 0. The second-order valence-electron chi connectivity index (χ2n) is 8.28. The highest BCUT2D eigenvalue weighted by atomic mass is 16.7. The molecule has 1 unspecified atom stereocenters. The molecule has 0 spiro atoms. The van der Waals surface area contributed by atoms with Crippen LogP contribution in [0.2, 0.25) is 0 Å². The molecule has 0 fully saturated rings. The van der Waals surface area contributed by atoms with Crippen LogP contribution in [-0.4, -0.2) is 24.4 Å². The highest BCUT2D eigenvalue weighted by Crippen LogP contribution is 2.47. The fraction of sp³-hybridized carbons (Fsp3) is 0.133. The van der Waals surface area contributed by atoms with E-state index in [2.05, 4.69) is 0 Å². The lowest BCUT2D eigenvalue weighted by Gasteiger charge is -2.23. The van der Waals surface area contributed by atoms with Crippen LogP contribution >= 0.6 is 0 Å². The maximum atomic E-state index is 11.7. The third-order valence-electron chi connectivity index (χ3n) is 6.35. The zero-order valence-corrected chi connectivity index (χ0v) is 19.1. The number of phenols is 1. The Balaban J connectivity index is 1.91. The first-order valence-electron chi connectivity index (χ1n) is 11.2. The van der Waals surface area contributed by atoms with E-state index in [-0.39, 0.29) is 5.75 Å². The predicted octanol–water partition coefficient (Wildman–Crippen LogP) is 6.74. The quantitative estimate of drug-likeness (QED) is 0.281. The number of aromatic hydroxyl groups is 1. The van der Waals surface area contributed by atoms with Crippen LogP contribution in [0, 0.1) is 0 Å². The first-order valence-corrected chi connectivity index (χ1v) is 11.2. The van der Waals surface area contributed by atoms with Crippen LogP contribution in [0.5, 0.6) is 5.75 Å². The van der Waals surface area contributed by atoms with Gasteiger partial charge in [-0.05, 0) is 44.3 Å². The number of aliphatic hydroxyl groups excluding tert-OH is 1. The van der Waals surface area contributed by atoms with Crippen molar-refractivity contribution in [2.45, 2.75) is 12.4 Å². The largest absolute Gasteiger partial charge is 0.507 e. The lowest BCUT2D eigenvalue weighted by Crippen LogP contribution is -2.06. The Labute approximate surface area is 198 Å². The Morgan fingerprint density at radius 1 is 0.618 bits per heavy atom. The number of ether oxygens (including phenoxy) is 2. The lowest BCUT2D eigenvalue weighted by atomic mass is 9.85. The van der Waals surface area contributed by atoms with Crippen LogP contribution in [0.4, 0.5) is 0 Å². The number of hydrogen-bond donors (Lipinski definition) is 2. The van der Waals surface area contributed by atoms with Crippen molar-refractivity contribution < 1.29 is 19.7 Å². The summed E-state index contributed by atoms with van der Waals surface area (Å²) in [5, 5.41) is 27.0. The molecule has 2 N–H and O–H groups in total. The van der Waals surface area contributed by atoms with Crippen molar-refractivity contribution in [1.29, 1.82) is 0 Å². The van der Waals surface area contributed by atoms with Gasteiger partial charge in [0.25, 0.3) is 0 Å². The molecule has 4 nitrogen and oxygen atoms in total. The molecular formula is C30H26O4. The van der Waals surface area contributed by atoms with Gasteiger partial charge in [0.15, 0.2) is 6.29 Å². The van der Waals surface area contributed by atoms with Crippen molar-refractivity contribution in [1.82, 2.24) is 0 Å². The number of benzene rings is 5. The molecule has 1 atom stereocenters. The Bertz CT molecular complexity index is 1460. The normalized spacial score (nSPS) is 12.5. The van der Waals surface area contributed by atoms with Gasteiger partial charge in [0.2, 0.25) is 0 Å². The van der Waals surface area contributed by atoms with E-state index in [1.807, 2.05) is 97.1 Å². The molecular weight excluding hydrogens is 424 g/mol. The maximum Gasteiger partial charge on any atom is 0.186 e. The van der Waals surface area contributed by atoms with Gasteiger partial charge in [-0.3, -0.25) is 0 Å². The van der Waals surface area contributed by atoms with Gasteiger partial charge in [-0.15, -0.1) is 0 Å². The minimum atomic E-state index is -0.872. The molecule has 0 aliphatic heterocycles. The Hall–Kier alpha value is -3.70. The van der Waals surface area contributed by atoms with Gasteiger partial charge >= 0.3 is 0 Å². The fourth-order valence-corrected chi connectivity index (χ4v) is 4.75. The number of hydrogen-bond acceptors (Lipinski definition) is 4. The van der Waals surface area contributed by atoms with E-state index < -0.39 is 12.4 Å². The summed E-state index contributed by atoms with van der Waals surface area (Å²) >= 11 is 0. The van der Waals surface area contributed by atoms with E-state index in [0.717, 1.165) is 32.7 Å². The van der Waals surface area contributed by atoms with Crippen LogP contribution in [-0.2, 0) is 9.47 Å². The fourth-order valence-electron chi connectivity index (χ4n) is 4.75. The van der Waals surface area contributed by atoms with Crippen LogP contribution < -0.4 is 0 Å². The highest BCUT2D eigenvalue weighted by Gasteiger charge is 2.25. The summed E-state index contributed by atoms with van der Waals surface area (Å²) in [7, 11) is 3.09. The molecule has 0 saturated carbocycles. The lowest BCUT2D eigenvalue weighted by molar-refractivity contribution is -0.106. The Morgan fingerprint density at radius 2 is 1.21 bits per heavy atom. The second-order valence-corrected chi connectivity index (χ2v) is 8.28. The molecule has 0 saturated heterocycles. The van der Waals surface area contributed by atoms with E-state index >= 15 is 0 Å². The van der Waals surface area contributed by atoms with E-state index in [9.17, 15) is 10.2 Å². The van der Waals surface area contributed by atoms with Gasteiger partial charge < -0.3 is 19.7 Å². The molecule has 0 heterocycles. The van der Waals surface area contributed by atoms with Crippen molar-refractivity contribution in [3.05, 3.63) is 114 Å². The summed E-state index contributed by atoms with van der Waals surface area (Å²) < 4.78 is 11.0. The van der Waals surface area contributed by atoms with Crippen molar-refractivity contribution in [3.63, 3.8) is 0 Å². The third-order valence-corrected chi connectivity index (χ3v) is 6.35. The number of rotatable bonds is 6. The maximum absolute atomic E-state index is 11.7. The van der Waals surface area contributed by atoms with Gasteiger partial charge in [-0.25, -0.2) is 0 Å². The van der Waals surface area contributed by atoms with Crippen LogP contribution in [0.3, 0.4) is 0 Å². The molecule has 0 aliphatic rings. The topological polar surface area (TPSA) is 58.9 Å². The summed E-state index contributed by atoms with van der Waals surface area (Å²) in [6.07, 6.45) is -1.61. The molecule has 0 amide bonds. The SMILES string of the molecule is COC(OC)c1cc2ccccc2c(-c2c(C(O)c3ccccc3)ccc3ccccc23)c1O. The predicted molar refractivity (Wildman–Crippen MR) is 136 cm³/mol. The Kier molecular flexibility index (Phi) is 6.03. The summed E-state index contributed by atoms with van der Waals surface area (Å²) in [4.78, 5) is 0. The van der Waals surface area contributed by atoms with Crippen molar-refractivity contribution >= 4 is 21.5 Å². The summed E-state index contributed by atoms with van der Waals surface area (Å²) in [6, 6.07) is 31.3. The number of methoxy groups -OCH3 is 2. The molecule has 34 heavy (non-hydrogen) atoms. The highest BCUT2D eigenvalue weighted by molar-refractivity contribution is 6.09. The first-order chi connectivity index (χ1) is 16.6. The van der Waals surface area contributed by atoms with Gasteiger partial charge in [-0.1, -0.05) is 91.0 Å². The minimum Gasteiger partial charge on any atom is -0.507 e. The van der Waals surface area contributed by atoms with Crippen molar-refractivity contribution in [2.24, 2.45) is 0 Å². The standard InChI is InChI=1S/C30H26O4/c1-33-30(34-2)25-18-21-13-7-9-15-23(21)27(29(25)32)26-22-14-8-6-10-19(22)16-17-24(26)28(31)20-11-4-3-5-12-20/h3-18,28,30-32H,1-2H3. The molecule has 5 rings (SSSR count). The van der Waals surface area contributed by atoms with Crippen molar-refractivity contribution in [3.8, 4) is 16.9 Å². The molecule has 0 radical (unpaired) electrons. The van der Waals surface area contributed by atoms with Gasteiger partial charge in [0.1, 0.15) is 11.9 Å². The third kappa shape index (κ3) is 3.72. The Morgan fingerprint density at radius 3 is 1.88 bits per heavy atom. The summed E-state index contributed by atoms with van der Waals surface area (Å²) in [5.41, 5.74) is 3.47. The number of phenolic OH excluding ortho intramolecular Hbond substituents is 1. The van der Waals surface area contributed by atoms with Gasteiger partial charge in [-0.2, -0.15) is 0 Å². The average Bonchev–Trinajstić information content (AvgIpc) is 2.89. The molecule has 5 aromatic carbocycles. The molecule has 5 aromatic rings. The number of aliphatic hydroxyl groups is 1. The van der Waals surface area contributed by atoms with Crippen LogP contribution in [0.25, 0.3) is 32.7 Å². The average molecular weight is 451 g/mol. The van der Waals surface area contributed by atoms with Gasteiger partial charge in [0.05, 0.1) is 5.56 Å². The van der Waals surface area contributed by atoms with Gasteiger partial charge in [0, 0.05) is 19.8 Å². The van der Waals surface area contributed by atoms with Crippen LogP contribution in [0.15, 0.2) is 97.1 Å². The van der Waals surface area contributed by atoms with E-state index in [1.165, 1.54) is 0 Å². The number of fused-ring (bicyclic) bond motifs is 2. The monoisotopic (exact) mass is 450 g/mol. The smallest absolute Gasteiger partial charge is 0.186 e. The van der Waals surface area contributed by atoms with Crippen molar-refractivity contribution in [2.75, 3.05) is 14.2 Å². The first kappa shape index (κ1) is 22.1. The minimum absolute atomic E-state index is 0.0743. The molecule has 0 aromatic heterocycles. The molecule has 0 aliphatic carbocycles.